The highest BCUT2D eigenvalue weighted by Gasteiger charge is 2.22. The van der Waals surface area contributed by atoms with E-state index in [0.717, 1.165) is 48.9 Å². The molecule has 1 aliphatic carbocycles. The normalized spacial score (nSPS) is 14.7. The Bertz CT molecular complexity index is 1160. The van der Waals surface area contributed by atoms with Crippen LogP contribution in [-0.4, -0.2) is 46.5 Å². The van der Waals surface area contributed by atoms with Crippen LogP contribution in [0.4, 0.5) is 11.5 Å². The van der Waals surface area contributed by atoms with Crippen molar-refractivity contribution in [1.82, 2.24) is 14.9 Å². The number of nitrogens with one attached hydrogen (secondary N) is 2. The Morgan fingerprint density at radius 3 is 2.63 bits per heavy atom. The average molecular weight is 474 g/mol. The van der Waals surface area contributed by atoms with E-state index in [1.165, 1.54) is 6.42 Å². The van der Waals surface area contributed by atoms with Gasteiger partial charge in [-0.05, 0) is 50.9 Å². The maximum atomic E-state index is 12.8. The summed E-state index contributed by atoms with van der Waals surface area (Å²) in [5.41, 5.74) is 2.57. The van der Waals surface area contributed by atoms with Crippen LogP contribution in [0, 0.1) is 0 Å². The lowest BCUT2D eigenvalue weighted by atomic mass is 9.96. The molecule has 7 heteroatoms. The van der Waals surface area contributed by atoms with Crippen LogP contribution in [0.5, 0.6) is 5.75 Å². The van der Waals surface area contributed by atoms with Crippen LogP contribution < -0.4 is 15.4 Å². The lowest BCUT2D eigenvalue weighted by Gasteiger charge is -2.27. The topological polar surface area (TPSA) is 79.4 Å². The Morgan fingerprint density at radius 2 is 1.94 bits per heavy atom. The molecule has 3 aromatic rings. The van der Waals surface area contributed by atoms with E-state index < -0.39 is 0 Å². The number of nitrogens with zero attached hydrogens (tertiary/aromatic N) is 3. The second-order valence-corrected chi connectivity index (χ2v) is 8.91. The predicted molar refractivity (Wildman–Crippen MR) is 142 cm³/mol. The van der Waals surface area contributed by atoms with E-state index in [9.17, 15) is 4.79 Å². The monoisotopic (exact) mass is 473 g/mol. The van der Waals surface area contributed by atoms with Gasteiger partial charge in [-0.1, -0.05) is 50.3 Å². The van der Waals surface area contributed by atoms with Crippen LogP contribution >= 0.6 is 0 Å². The van der Waals surface area contributed by atoms with Crippen LogP contribution in [0.15, 0.2) is 60.9 Å². The van der Waals surface area contributed by atoms with Crippen LogP contribution in [0.1, 0.15) is 51.6 Å². The smallest absolute Gasteiger partial charge is 0.248 e. The van der Waals surface area contributed by atoms with Gasteiger partial charge in [-0.2, -0.15) is 0 Å². The van der Waals surface area contributed by atoms with E-state index in [4.69, 9.17) is 4.74 Å². The van der Waals surface area contributed by atoms with Crippen LogP contribution in [0.2, 0.25) is 0 Å². The maximum absolute atomic E-state index is 12.8. The second kappa shape index (κ2) is 11.8. The Morgan fingerprint density at radius 1 is 1.17 bits per heavy atom. The lowest BCUT2D eigenvalue weighted by molar-refractivity contribution is -0.111. The van der Waals surface area contributed by atoms with Gasteiger partial charge in [-0.15, -0.1) is 0 Å². The summed E-state index contributed by atoms with van der Waals surface area (Å²) >= 11 is 0. The summed E-state index contributed by atoms with van der Waals surface area (Å²) in [6.07, 6.45) is 8.45. The molecule has 35 heavy (non-hydrogen) atoms. The number of benzene rings is 2. The first kappa shape index (κ1) is 24.7. The Labute approximate surface area is 207 Å². The van der Waals surface area contributed by atoms with Crippen molar-refractivity contribution in [2.45, 2.75) is 52.2 Å². The van der Waals surface area contributed by atoms with Crippen molar-refractivity contribution in [3.05, 3.63) is 66.5 Å². The molecule has 1 amide bonds. The van der Waals surface area contributed by atoms with Gasteiger partial charge in [0.2, 0.25) is 5.91 Å². The van der Waals surface area contributed by atoms with Crippen LogP contribution in [0.3, 0.4) is 0 Å². The van der Waals surface area contributed by atoms with Crippen LogP contribution in [0.25, 0.3) is 10.9 Å². The van der Waals surface area contributed by atoms with Gasteiger partial charge in [0.1, 0.15) is 17.9 Å². The molecule has 4 rings (SSSR count). The molecule has 2 N–H and O–H groups in total. The molecule has 0 bridgehead atoms. The number of hydrogen-bond acceptors (Lipinski definition) is 6. The number of fused-ring (bicyclic) bond motifs is 1. The van der Waals surface area contributed by atoms with Gasteiger partial charge in [-0.3, -0.25) is 4.79 Å². The molecule has 1 heterocycles. The summed E-state index contributed by atoms with van der Waals surface area (Å²) in [6.45, 7) is 8.96. The molecular weight excluding hydrogens is 438 g/mol. The van der Waals surface area contributed by atoms with Gasteiger partial charge in [0.05, 0.1) is 17.3 Å². The van der Waals surface area contributed by atoms with Gasteiger partial charge in [0.15, 0.2) is 0 Å². The SMILES string of the molecule is CCN(CC)CC=CC(=O)Nc1cc2c(NC(C)c3ccccc3)ncnc2cc1OC1CCC1. The number of rotatable bonds is 11. The fraction of sp³-hybridized carbons (Fsp3) is 0.393. The van der Waals surface area contributed by atoms with E-state index in [1.807, 2.05) is 36.4 Å². The minimum atomic E-state index is -0.182. The molecule has 0 spiro atoms. The van der Waals surface area contributed by atoms with Crippen molar-refractivity contribution in [3.63, 3.8) is 0 Å². The highest BCUT2D eigenvalue weighted by atomic mass is 16.5. The molecule has 1 unspecified atom stereocenters. The van der Waals surface area contributed by atoms with Gasteiger partial charge in [-0.25, -0.2) is 9.97 Å². The standard InChI is InChI=1S/C28H35N5O2/c1-4-33(5-2)16-10-15-27(34)32-25-17-23-24(18-26(25)35-22-13-9-14-22)29-19-30-28(23)31-20(3)21-11-7-6-8-12-21/h6-8,10-12,15,17-20,22H,4-5,9,13-14,16H2,1-3H3,(H,32,34)(H,29,30,31). The summed E-state index contributed by atoms with van der Waals surface area (Å²) in [5.74, 6) is 1.18. The third kappa shape index (κ3) is 6.36. The Hall–Kier alpha value is -3.45. The largest absolute Gasteiger partial charge is 0.488 e. The van der Waals surface area contributed by atoms with Crippen molar-refractivity contribution >= 4 is 28.3 Å². The molecule has 0 saturated heterocycles. The number of carbonyl (C=O) groups excluding carboxylic acids is 1. The number of likely N-dealkylation sites (N-methyl/N-ethyl adjacent to an activating group) is 1. The molecule has 1 atom stereocenters. The number of aromatic nitrogens is 2. The quantitative estimate of drug-likeness (QED) is 0.355. The van der Waals surface area contributed by atoms with Crippen molar-refractivity contribution < 1.29 is 9.53 Å². The third-order valence-corrected chi connectivity index (χ3v) is 6.52. The molecule has 2 aromatic carbocycles. The fourth-order valence-corrected chi connectivity index (χ4v) is 4.06. The molecule has 0 radical (unpaired) electrons. The lowest BCUT2D eigenvalue weighted by Crippen LogP contribution is -2.25. The molecule has 1 saturated carbocycles. The summed E-state index contributed by atoms with van der Waals surface area (Å²) in [7, 11) is 0. The van der Waals surface area contributed by atoms with E-state index in [2.05, 4.69) is 58.4 Å². The maximum Gasteiger partial charge on any atom is 0.248 e. The Kier molecular flexibility index (Phi) is 8.32. The summed E-state index contributed by atoms with van der Waals surface area (Å²) in [4.78, 5) is 24.0. The number of carbonyl (C=O) groups is 1. The summed E-state index contributed by atoms with van der Waals surface area (Å²) in [5, 5.41) is 7.36. The van der Waals surface area contributed by atoms with Gasteiger partial charge in [0.25, 0.3) is 0 Å². The van der Waals surface area contributed by atoms with E-state index in [1.54, 1.807) is 12.4 Å². The minimum absolute atomic E-state index is 0.0567. The first-order valence-electron chi connectivity index (χ1n) is 12.5. The first-order valence-corrected chi connectivity index (χ1v) is 12.5. The number of hydrogen-bond donors (Lipinski definition) is 2. The van der Waals surface area contributed by atoms with Crippen molar-refractivity contribution in [2.75, 3.05) is 30.3 Å². The summed E-state index contributed by atoms with van der Waals surface area (Å²) in [6, 6.07) is 14.1. The summed E-state index contributed by atoms with van der Waals surface area (Å²) < 4.78 is 6.23. The van der Waals surface area contributed by atoms with E-state index in [-0.39, 0.29) is 18.1 Å². The molecule has 7 nitrogen and oxygen atoms in total. The van der Waals surface area contributed by atoms with E-state index in [0.29, 0.717) is 17.3 Å². The van der Waals surface area contributed by atoms with Crippen LogP contribution in [-0.2, 0) is 4.79 Å². The van der Waals surface area contributed by atoms with Crippen molar-refractivity contribution in [3.8, 4) is 5.75 Å². The van der Waals surface area contributed by atoms with Gasteiger partial charge in [0, 0.05) is 30.1 Å². The first-order chi connectivity index (χ1) is 17.1. The molecule has 1 aromatic heterocycles. The zero-order chi connectivity index (χ0) is 24.6. The van der Waals surface area contributed by atoms with Gasteiger partial charge < -0.3 is 20.3 Å². The highest BCUT2D eigenvalue weighted by molar-refractivity contribution is 6.03. The van der Waals surface area contributed by atoms with Gasteiger partial charge >= 0.3 is 0 Å². The zero-order valence-electron chi connectivity index (χ0n) is 20.8. The predicted octanol–water partition coefficient (Wildman–Crippen LogP) is 5.57. The zero-order valence-corrected chi connectivity index (χ0v) is 20.8. The molecular formula is C28H35N5O2. The number of amides is 1. The Balaban J connectivity index is 1.60. The average Bonchev–Trinajstić information content (AvgIpc) is 2.85. The third-order valence-electron chi connectivity index (χ3n) is 6.52. The molecule has 1 fully saturated rings. The van der Waals surface area contributed by atoms with E-state index >= 15 is 0 Å². The minimum Gasteiger partial charge on any atom is -0.488 e. The molecule has 1 aliphatic rings. The second-order valence-electron chi connectivity index (χ2n) is 8.91. The number of ether oxygens (including phenoxy) is 1. The molecule has 0 aliphatic heterocycles. The fourth-order valence-electron chi connectivity index (χ4n) is 4.06. The van der Waals surface area contributed by atoms with Crippen molar-refractivity contribution in [1.29, 1.82) is 0 Å². The highest BCUT2D eigenvalue weighted by Crippen LogP contribution is 2.36. The molecule has 184 valence electrons. The number of anilines is 2. The van der Waals surface area contributed by atoms with Crippen molar-refractivity contribution in [2.24, 2.45) is 0 Å².